The number of thiazole rings is 1. The molecule has 2 rings (SSSR count). The molecule has 2 atom stereocenters. The quantitative estimate of drug-likeness (QED) is 0.230. The van der Waals surface area contributed by atoms with Gasteiger partial charge in [-0.25, -0.2) is 9.78 Å². The number of hydrogen-bond acceptors (Lipinski definition) is 7. The fourth-order valence-electron chi connectivity index (χ4n) is 3.56. The predicted molar refractivity (Wildman–Crippen MR) is 147 cm³/mol. The van der Waals surface area contributed by atoms with Gasteiger partial charge in [0.15, 0.2) is 5.13 Å². The lowest BCUT2D eigenvalue weighted by atomic mass is 9.75. The Morgan fingerprint density at radius 2 is 1.67 bits per heavy atom. The Bertz CT molecular complexity index is 1160. The number of carboxylic acids is 1. The van der Waals surface area contributed by atoms with E-state index in [4.69, 9.17) is 0 Å². The van der Waals surface area contributed by atoms with Gasteiger partial charge in [-0.2, -0.15) is 0 Å². The summed E-state index contributed by atoms with van der Waals surface area (Å²) in [6, 6.07) is 7.48. The fraction of sp³-hybridized carbons (Fsp3) is 0.462. The molecule has 1 aromatic carbocycles. The first kappa shape index (κ1) is 31.2. The number of aliphatic carboxylic acids is 1. The average Bonchev–Trinajstić information content (AvgIpc) is 3.32. The van der Waals surface area contributed by atoms with Gasteiger partial charge in [0.2, 0.25) is 11.8 Å². The van der Waals surface area contributed by atoms with E-state index in [9.17, 15) is 29.1 Å². The van der Waals surface area contributed by atoms with Crippen LogP contribution in [-0.4, -0.2) is 58.9 Å². The molecular weight excluding hydrogens is 524 g/mol. The van der Waals surface area contributed by atoms with Gasteiger partial charge in [0.25, 0.3) is 5.91 Å². The Morgan fingerprint density at radius 1 is 1.00 bits per heavy atom. The molecule has 12 nitrogen and oxygen atoms in total. The summed E-state index contributed by atoms with van der Waals surface area (Å²) in [5, 5.41) is 24.2. The number of benzene rings is 1. The SMILES string of the molecule is CC(C)CNC(=O)C(NC(=O)CNC(=O)c1csc(NC(=O)NCc2ccccc2)n1)[C@@H](C(=O)O)C(C)(C)C. The number of carbonyl (C=O) groups excluding carboxylic acids is 4. The Hall–Kier alpha value is -4.00. The maximum atomic E-state index is 12.8. The van der Waals surface area contributed by atoms with Gasteiger partial charge in [-0.05, 0) is 16.9 Å². The third-order valence-corrected chi connectivity index (χ3v) is 6.24. The third kappa shape index (κ3) is 10.3. The minimum absolute atomic E-state index is 0.0181. The first-order valence-corrected chi connectivity index (χ1v) is 13.3. The van der Waals surface area contributed by atoms with E-state index in [0.29, 0.717) is 13.1 Å². The second-order valence-corrected chi connectivity index (χ2v) is 11.2. The number of carboxylic acid groups (broad SMARTS) is 1. The minimum Gasteiger partial charge on any atom is -0.481 e. The Balaban J connectivity index is 1.95. The van der Waals surface area contributed by atoms with Crippen LogP contribution in [0, 0.1) is 17.3 Å². The van der Waals surface area contributed by atoms with Crippen LogP contribution in [-0.2, 0) is 20.9 Å². The van der Waals surface area contributed by atoms with Crippen LogP contribution in [0.15, 0.2) is 35.7 Å². The number of amides is 5. The van der Waals surface area contributed by atoms with E-state index in [1.807, 2.05) is 44.2 Å². The van der Waals surface area contributed by atoms with Gasteiger partial charge < -0.3 is 26.4 Å². The normalized spacial score (nSPS) is 12.7. The molecule has 0 aliphatic rings. The molecule has 0 fully saturated rings. The molecule has 5 amide bonds. The largest absolute Gasteiger partial charge is 0.481 e. The number of rotatable bonds is 12. The number of nitrogens with zero attached hydrogens (tertiary/aromatic N) is 1. The van der Waals surface area contributed by atoms with Gasteiger partial charge in [0, 0.05) is 18.5 Å². The molecule has 1 heterocycles. The zero-order valence-electron chi connectivity index (χ0n) is 22.7. The van der Waals surface area contributed by atoms with Crippen LogP contribution in [0.3, 0.4) is 0 Å². The Labute approximate surface area is 231 Å². The first-order chi connectivity index (χ1) is 18.3. The molecule has 0 aliphatic carbocycles. The molecule has 0 spiro atoms. The number of carbonyl (C=O) groups is 5. The van der Waals surface area contributed by atoms with Crippen LogP contribution >= 0.6 is 11.3 Å². The maximum Gasteiger partial charge on any atom is 0.321 e. The van der Waals surface area contributed by atoms with Crippen LogP contribution in [0.4, 0.5) is 9.93 Å². The van der Waals surface area contributed by atoms with Crippen molar-refractivity contribution in [1.29, 1.82) is 0 Å². The van der Waals surface area contributed by atoms with Gasteiger partial charge >= 0.3 is 12.0 Å². The van der Waals surface area contributed by atoms with E-state index in [-0.39, 0.29) is 16.7 Å². The van der Waals surface area contributed by atoms with Crippen LogP contribution in [0.25, 0.3) is 0 Å². The van der Waals surface area contributed by atoms with E-state index < -0.39 is 53.6 Å². The molecule has 0 saturated heterocycles. The molecule has 1 aromatic heterocycles. The van der Waals surface area contributed by atoms with Crippen molar-refractivity contribution in [2.75, 3.05) is 18.4 Å². The lowest BCUT2D eigenvalue weighted by molar-refractivity contribution is -0.150. The number of urea groups is 1. The first-order valence-electron chi connectivity index (χ1n) is 12.4. The second kappa shape index (κ2) is 14.2. The molecule has 0 radical (unpaired) electrons. The summed E-state index contributed by atoms with van der Waals surface area (Å²) < 4.78 is 0. The van der Waals surface area contributed by atoms with Crippen molar-refractivity contribution in [3.8, 4) is 0 Å². The molecule has 13 heteroatoms. The van der Waals surface area contributed by atoms with E-state index >= 15 is 0 Å². The van der Waals surface area contributed by atoms with Gasteiger partial charge in [0.1, 0.15) is 11.7 Å². The summed E-state index contributed by atoms with van der Waals surface area (Å²) >= 11 is 1.03. The smallest absolute Gasteiger partial charge is 0.321 e. The van der Waals surface area contributed by atoms with Crippen LogP contribution < -0.4 is 26.6 Å². The number of hydrogen-bond donors (Lipinski definition) is 6. The maximum absolute atomic E-state index is 12.8. The summed E-state index contributed by atoms with van der Waals surface area (Å²) in [5.41, 5.74) is 0.0528. The molecule has 212 valence electrons. The van der Waals surface area contributed by atoms with Crippen LogP contribution in [0.1, 0.15) is 50.7 Å². The molecule has 2 aromatic rings. The molecule has 6 N–H and O–H groups in total. The van der Waals surface area contributed by atoms with Crippen molar-refractivity contribution in [2.45, 2.75) is 47.2 Å². The number of anilines is 1. The van der Waals surface area contributed by atoms with Gasteiger partial charge in [-0.1, -0.05) is 65.0 Å². The highest BCUT2D eigenvalue weighted by molar-refractivity contribution is 7.14. The van der Waals surface area contributed by atoms with Crippen molar-refractivity contribution in [3.63, 3.8) is 0 Å². The van der Waals surface area contributed by atoms with E-state index in [0.717, 1.165) is 16.9 Å². The van der Waals surface area contributed by atoms with E-state index in [1.54, 1.807) is 20.8 Å². The molecule has 0 aliphatic heterocycles. The highest BCUT2D eigenvalue weighted by atomic mass is 32.1. The van der Waals surface area contributed by atoms with Crippen molar-refractivity contribution in [3.05, 3.63) is 47.0 Å². The summed E-state index contributed by atoms with van der Waals surface area (Å²) in [6.07, 6.45) is 0. The zero-order valence-corrected chi connectivity index (χ0v) is 23.5. The Morgan fingerprint density at radius 3 is 2.26 bits per heavy atom. The van der Waals surface area contributed by atoms with Crippen LogP contribution in [0.2, 0.25) is 0 Å². The van der Waals surface area contributed by atoms with E-state index in [1.165, 1.54) is 5.38 Å². The van der Waals surface area contributed by atoms with Crippen molar-refractivity contribution < 1.29 is 29.1 Å². The summed E-state index contributed by atoms with van der Waals surface area (Å²) in [4.78, 5) is 66.2. The Kier molecular flexibility index (Phi) is 11.4. The number of aromatic nitrogens is 1. The highest BCUT2D eigenvalue weighted by Gasteiger charge is 2.42. The minimum atomic E-state index is -1.35. The fourth-order valence-corrected chi connectivity index (χ4v) is 4.24. The topological polar surface area (TPSA) is 179 Å². The molecule has 0 saturated carbocycles. The lowest BCUT2D eigenvalue weighted by Gasteiger charge is -2.33. The standard InChI is InChI=1S/C26H36N6O6S/c1-15(2)11-27-22(35)20(19(23(36)37)26(3,4)5)31-18(33)13-28-21(34)17-14-39-25(30-17)32-24(38)29-12-16-9-7-6-8-10-16/h6-10,14-15,19-20H,11-13H2,1-5H3,(H,27,35)(H,28,34)(H,31,33)(H,36,37)(H2,29,30,32,38)/t19-,20?/m0/s1. The van der Waals surface area contributed by atoms with Crippen molar-refractivity contribution in [1.82, 2.24) is 26.3 Å². The average molecular weight is 561 g/mol. The monoisotopic (exact) mass is 560 g/mol. The zero-order chi connectivity index (χ0) is 29.2. The van der Waals surface area contributed by atoms with Gasteiger partial charge in [-0.3, -0.25) is 24.5 Å². The van der Waals surface area contributed by atoms with Gasteiger partial charge in [-0.15, -0.1) is 11.3 Å². The van der Waals surface area contributed by atoms with Gasteiger partial charge in [0.05, 0.1) is 12.5 Å². The molecule has 39 heavy (non-hydrogen) atoms. The summed E-state index contributed by atoms with van der Waals surface area (Å²) in [6.45, 7) is 8.88. The summed E-state index contributed by atoms with van der Waals surface area (Å²) in [5.74, 6) is -4.36. The predicted octanol–water partition coefficient (Wildman–Crippen LogP) is 2.20. The molecule has 0 bridgehead atoms. The summed E-state index contributed by atoms with van der Waals surface area (Å²) in [7, 11) is 0. The third-order valence-electron chi connectivity index (χ3n) is 5.48. The van der Waals surface area contributed by atoms with E-state index in [2.05, 4.69) is 31.6 Å². The second-order valence-electron chi connectivity index (χ2n) is 10.4. The highest BCUT2D eigenvalue weighted by Crippen LogP contribution is 2.29. The van der Waals surface area contributed by atoms with Crippen molar-refractivity contribution >= 4 is 46.2 Å². The molecule has 1 unspecified atom stereocenters. The lowest BCUT2D eigenvalue weighted by Crippen LogP contribution is -2.57. The molecular formula is C26H36N6O6S. The van der Waals surface area contributed by atoms with Crippen LogP contribution in [0.5, 0.6) is 0 Å². The van der Waals surface area contributed by atoms with Crippen molar-refractivity contribution in [2.24, 2.45) is 17.3 Å². The number of nitrogens with one attached hydrogen (secondary N) is 5.